The van der Waals surface area contributed by atoms with Crippen molar-refractivity contribution in [2.24, 2.45) is 5.73 Å². The molecule has 0 bridgehead atoms. The number of aliphatic hydroxyl groups is 1. The number of primary amides is 1. The molecule has 7 heteroatoms. The molecule has 1 unspecified atom stereocenters. The number of nitrogens with zero attached hydrogens (tertiary/aromatic N) is 2. The fourth-order valence-corrected chi connectivity index (χ4v) is 2.72. The Balaban J connectivity index is 2.08. The van der Waals surface area contributed by atoms with E-state index in [0.717, 1.165) is 4.68 Å². The van der Waals surface area contributed by atoms with Crippen molar-refractivity contribution in [1.82, 2.24) is 9.78 Å². The van der Waals surface area contributed by atoms with Gasteiger partial charge in [0.1, 0.15) is 0 Å². The minimum absolute atomic E-state index is 0.0107. The van der Waals surface area contributed by atoms with Gasteiger partial charge < -0.3 is 10.8 Å². The number of carbonyl (C=O) groups is 1. The van der Waals surface area contributed by atoms with Gasteiger partial charge in [0, 0.05) is 10.4 Å². The Morgan fingerprint density at radius 2 is 1.92 bits per heavy atom. The lowest BCUT2D eigenvalue weighted by atomic mass is 10.1. The molecule has 0 aliphatic carbocycles. The van der Waals surface area contributed by atoms with Gasteiger partial charge in [0.2, 0.25) is 0 Å². The fraction of sp³-hybridized carbons (Fsp3) is 0.118. The number of rotatable bonds is 4. The molecule has 0 saturated carbocycles. The minimum atomic E-state index is -1.00. The van der Waals surface area contributed by atoms with Crippen LogP contribution >= 0.6 is 11.6 Å². The third kappa shape index (κ3) is 3.02. The summed E-state index contributed by atoms with van der Waals surface area (Å²) in [5.74, 6) is -0.739. The van der Waals surface area contributed by atoms with Crippen molar-refractivity contribution in [2.45, 2.75) is 12.6 Å². The van der Waals surface area contributed by atoms with Crippen LogP contribution in [0.3, 0.4) is 0 Å². The molecule has 0 aliphatic rings. The number of nitrogens with two attached hydrogens (primary N) is 1. The average Bonchev–Trinajstić information content (AvgIpc) is 2.57. The van der Waals surface area contributed by atoms with Crippen molar-refractivity contribution in [1.29, 1.82) is 0 Å². The summed E-state index contributed by atoms with van der Waals surface area (Å²) in [6.07, 6.45) is -1.00. The molecule has 2 aromatic carbocycles. The maximum Gasteiger partial charge on any atom is 0.274 e. The van der Waals surface area contributed by atoms with Gasteiger partial charge in [0.25, 0.3) is 11.5 Å². The van der Waals surface area contributed by atoms with Crippen LogP contribution in [0, 0.1) is 0 Å². The smallest absolute Gasteiger partial charge is 0.274 e. The molecule has 1 atom stereocenters. The number of amides is 1. The Morgan fingerprint density at radius 1 is 1.21 bits per heavy atom. The summed E-state index contributed by atoms with van der Waals surface area (Å²) >= 11 is 5.91. The van der Waals surface area contributed by atoms with Crippen molar-refractivity contribution < 1.29 is 9.90 Å². The van der Waals surface area contributed by atoms with E-state index in [0.29, 0.717) is 21.4 Å². The lowest BCUT2D eigenvalue weighted by molar-refractivity contribution is 0.0992. The second-order valence-electron chi connectivity index (χ2n) is 5.32. The SMILES string of the molecule is NC(=O)c1nn(CC(O)c2cccc(Cl)c2)c(=O)c2ccccc12. The fourth-order valence-electron chi connectivity index (χ4n) is 2.52. The quantitative estimate of drug-likeness (QED) is 0.755. The van der Waals surface area contributed by atoms with E-state index in [4.69, 9.17) is 17.3 Å². The van der Waals surface area contributed by atoms with Gasteiger partial charge in [0.15, 0.2) is 5.69 Å². The molecule has 6 nitrogen and oxygen atoms in total. The zero-order chi connectivity index (χ0) is 17.3. The summed E-state index contributed by atoms with van der Waals surface area (Å²) in [6.45, 7) is -0.121. The van der Waals surface area contributed by atoms with Gasteiger partial charge in [-0.2, -0.15) is 5.10 Å². The molecule has 3 aromatic rings. The zero-order valence-electron chi connectivity index (χ0n) is 12.5. The number of hydrogen-bond donors (Lipinski definition) is 2. The van der Waals surface area contributed by atoms with Crippen molar-refractivity contribution in [3.63, 3.8) is 0 Å². The Bertz CT molecular complexity index is 984. The first-order valence-electron chi connectivity index (χ1n) is 7.20. The molecule has 122 valence electrons. The van der Waals surface area contributed by atoms with Crippen LogP contribution in [-0.4, -0.2) is 20.8 Å². The van der Waals surface area contributed by atoms with E-state index in [1.807, 2.05) is 0 Å². The summed E-state index contributed by atoms with van der Waals surface area (Å²) in [5, 5.41) is 15.6. The largest absolute Gasteiger partial charge is 0.386 e. The van der Waals surface area contributed by atoms with Crippen LogP contribution in [0.5, 0.6) is 0 Å². The first-order valence-corrected chi connectivity index (χ1v) is 7.58. The van der Waals surface area contributed by atoms with Crippen molar-refractivity contribution in [2.75, 3.05) is 0 Å². The molecule has 1 amide bonds. The molecule has 0 fully saturated rings. The third-order valence-corrected chi connectivity index (χ3v) is 3.92. The zero-order valence-corrected chi connectivity index (χ0v) is 13.3. The van der Waals surface area contributed by atoms with E-state index in [1.54, 1.807) is 48.5 Å². The molecule has 24 heavy (non-hydrogen) atoms. The predicted octanol–water partition coefficient (Wildman–Crippen LogP) is 1.88. The Morgan fingerprint density at radius 3 is 2.58 bits per heavy atom. The monoisotopic (exact) mass is 343 g/mol. The van der Waals surface area contributed by atoms with Crippen LogP contribution in [0.4, 0.5) is 0 Å². The van der Waals surface area contributed by atoms with Gasteiger partial charge in [-0.1, -0.05) is 41.9 Å². The Hall–Kier alpha value is -2.70. The van der Waals surface area contributed by atoms with Crippen molar-refractivity contribution >= 4 is 28.3 Å². The molecular weight excluding hydrogens is 330 g/mol. The van der Waals surface area contributed by atoms with Gasteiger partial charge in [0.05, 0.1) is 18.0 Å². The van der Waals surface area contributed by atoms with Crippen molar-refractivity contribution in [3.05, 3.63) is 75.2 Å². The second-order valence-corrected chi connectivity index (χ2v) is 5.75. The van der Waals surface area contributed by atoms with E-state index in [1.165, 1.54) is 0 Å². The van der Waals surface area contributed by atoms with Crippen molar-refractivity contribution in [3.8, 4) is 0 Å². The van der Waals surface area contributed by atoms with Gasteiger partial charge in [-0.3, -0.25) is 9.59 Å². The van der Waals surface area contributed by atoms with E-state index >= 15 is 0 Å². The van der Waals surface area contributed by atoms with Crippen LogP contribution in [0.2, 0.25) is 5.02 Å². The topological polar surface area (TPSA) is 98.2 Å². The molecule has 0 radical (unpaired) electrons. The minimum Gasteiger partial charge on any atom is -0.386 e. The van der Waals surface area contributed by atoms with Gasteiger partial charge in [-0.25, -0.2) is 4.68 Å². The average molecular weight is 344 g/mol. The van der Waals surface area contributed by atoms with Crippen LogP contribution in [0.25, 0.3) is 10.8 Å². The summed E-state index contributed by atoms with van der Waals surface area (Å²) < 4.78 is 1.05. The number of aromatic nitrogens is 2. The third-order valence-electron chi connectivity index (χ3n) is 3.68. The Labute approximate surface area is 142 Å². The molecule has 3 rings (SSSR count). The highest BCUT2D eigenvalue weighted by atomic mass is 35.5. The lowest BCUT2D eigenvalue weighted by Gasteiger charge is -2.14. The second kappa shape index (κ2) is 6.43. The van der Waals surface area contributed by atoms with E-state index < -0.39 is 17.6 Å². The molecule has 1 aromatic heterocycles. The molecule has 0 aliphatic heterocycles. The first-order chi connectivity index (χ1) is 11.5. The van der Waals surface area contributed by atoms with E-state index in [9.17, 15) is 14.7 Å². The number of hydrogen-bond acceptors (Lipinski definition) is 4. The highest BCUT2D eigenvalue weighted by molar-refractivity contribution is 6.30. The maximum absolute atomic E-state index is 12.5. The maximum atomic E-state index is 12.5. The highest BCUT2D eigenvalue weighted by Crippen LogP contribution is 2.19. The summed E-state index contributed by atoms with van der Waals surface area (Å²) in [5.41, 5.74) is 5.49. The lowest BCUT2D eigenvalue weighted by Crippen LogP contribution is -2.29. The Kier molecular flexibility index (Phi) is 4.33. The van der Waals surface area contributed by atoms with Gasteiger partial charge in [-0.15, -0.1) is 0 Å². The highest BCUT2D eigenvalue weighted by Gasteiger charge is 2.17. The molecule has 1 heterocycles. The van der Waals surface area contributed by atoms with E-state index in [-0.39, 0.29) is 12.2 Å². The van der Waals surface area contributed by atoms with Gasteiger partial charge >= 0.3 is 0 Å². The molecular formula is C17H14ClN3O3. The van der Waals surface area contributed by atoms with Crippen LogP contribution in [0.1, 0.15) is 22.2 Å². The normalized spacial score (nSPS) is 12.2. The number of benzene rings is 2. The van der Waals surface area contributed by atoms with Crippen LogP contribution in [0.15, 0.2) is 53.3 Å². The number of carbonyl (C=O) groups excluding carboxylic acids is 1. The summed E-state index contributed by atoms with van der Waals surface area (Å²) in [7, 11) is 0. The summed E-state index contributed by atoms with van der Waals surface area (Å²) in [4.78, 5) is 24.2. The van der Waals surface area contributed by atoms with Crippen LogP contribution < -0.4 is 11.3 Å². The molecule has 3 N–H and O–H groups in total. The number of aliphatic hydroxyl groups excluding tert-OH is 1. The van der Waals surface area contributed by atoms with E-state index in [2.05, 4.69) is 5.10 Å². The first kappa shape index (κ1) is 16.2. The molecule has 0 spiro atoms. The standard InChI is InChI=1S/C17H14ClN3O3/c18-11-5-3-4-10(8-11)14(22)9-21-17(24)13-7-2-1-6-12(13)15(20-21)16(19)23/h1-8,14,22H,9H2,(H2,19,23). The number of halogens is 1. The number of fused-ring (bicyclic) bond motifs is 1. The summed E-state index contributed by atoms with van der Waals surface area (Å²) in [6, 6.07) is 13.3. The van der Waals surface area contributed by atoms with Gasteiger partial charge in [-0.05, 0) is 23.8 Å². The predicted molar refractivity (Wildman–Crippen MR) is 90.9 cm³/mol. The molecule has 0 saturated heterocycles. The van der Waals surface area contributed by atoms with Crippen LogP contribution in [-0.2, 0) is 6.54 Å².